The van der Waals surface area contributed by atoms with Crippen molar-refractivity contribution in [2.75, 3.05) is 11.9 Å². The minimum atomic E-state index is -0.618. The van der Waals surface area contributed by atoms with Crippen LogP contribution in [-0.2, 0) is 20.9 Å². The first-order chi connectivity index (χ1) is 17.0. The Morgan fingerprint density at radius 3 is 2.31 bits per heavy atom. The van der Waals surface area contributed by atoms with Gasteiger partial charge in [0.15, 0.2) is 5.17 Å². The molecular weight excluding hydrogens is 462 g/mol. The van der Waals surface area contributed by atoms with Gasteiger partial charge in [0, 0.05) is 12.1 Å². The number of aliphatic imine (C=N–C) groups is 1. The van der Waals surface area contributed by atoms with Crippen LogP contribution in [0.2, 0.25) is 0 Å². The highest BCUT2D eigenvalue weighted by Gasteiger charge is 2.36. The van der Waals surface area contributed by atoms with Crippen LogP contribution in [0.25, 0.3) is 0 Å². The molecule has 0 spiro atoms. The Balaban J connectivity index is 1.59. The average Bonchev–Trinajstić information content (AvgIpc) is 2.87. The number of carbonyl (C=O) groups is 3. The highest BCUT2D eigenvalue weighted by Crippen LogP contribution is 2.31. The molecule has 1 heterocycles. The van der Waals surface area contributed by atoms with E-state index < -0.39 is 11.2 Å². The second-order valence-corrected chi connectivity index (χ2v) is 8.96. The third-order valence-electron chi connectivity index (χ3n) is 5.26. The second kappa shape index (κ2) is 11.5. The maximum atomic E-state index is 13.2. The van der Waals surface area contributed by atoms with E-state index in [1.165, 1.54) is 11.8 Å². The quantitative estimate of drug-likeness (QED) is 0.473. The zero-order chi connectivity index (χ0) is 24.6. The smallest absolute Gasteiger partial charge is 0.338 e. The molecule has 1 N–H and O–H groups in total. The van der Waals surface area contributed by atoms with E-state index in [-0.39, 0.29) is 18.2 Å². The highest BCUT2D eigenvalue weighted by atomic mass is 32.2. The van der Waals surface area contributed by atoms with Gasteiger partial charge in [0.1, 0.15) is 5.25 Å². The molecule has 35 heavy (non-hydrogen) atoms. The lowest BCUT2D eigenvalue weighted by Crippen LogP contribution is -2.44. The van der Waals surface area contributed by atoms with Gasteiger partial charge in [-0.1, -0.05) is 60.3 Å². The summed E-state index contributed by atoms with van der Waals surface area (Å²) in [5.74, 6) is -0.834. The van der Waals surface area contributed by atoms with Crippen LogP contribution in [0.3, 0.4) is 0 Å². The Morgan fingerprint density at radius 1 is 1.00 bits per heavy atom. The number of carbonyl (C=O) groups excluding carboxylic acids is 3. The molecule has 0 aliphatic carbocycles. The fourth-order valence-corrected chi connectivity index (χ4v) is 4.60. The molecule has 4 rings (SSSR count). The summed E-state index contributed by atoms with van der Waals surface area (Å²) in [6.45, 7) is 2.39. The molecule has 0 unspecified atom stereocenters. The largest absolute Gasteiger partial charge is 0.462 e. The van der Waals surface area contributed by atoms with Crippen LogP contribution in [0.5, 0.6) is 0 Å². The lowest BCUT2D eigenvalue weighted by Gasteiger charge is -2.32. The minimum Gasteiger partial charge on any atom is -0.462 e. The molecule has 1 aliphatic rings. The first kappa shape index (κ1) is 24.2. The first-order valence-electron chi connectivity index (χ1n) is 11.3. The average molecular weight is 488 g/mol. The van der Waals surface area contributed by atoms with Crippen LogP contribution in [0.4, 0.5) is 11.4 Å². The maximum Gasteiger partial charge on any atom is 0.338 e. The molecule has 8 heteroatoms. The first-order valence-corrected chi connectivity index (χ1v) is 12.1. The van der Waals surface area contributed by atoms with Crippen LogP contribution in [0.15, 0.2) is 89.9 Å². The molecule has 1 saturated heterocycles. The molecular formula is C27H25N3O4S. The molecule has 0 radical (unpaired) electrons. The van der Waals surface area contributed by atoms with Crippen molar-refractivity contribution in [3.05, 3.63) is 96.1 Å². The van der Waals surface area contributed by atoms with E-state index in [0.717, 1.165) is 5.56 Å². The Kier molecular flexibility index (Phi) is 7.95. The van der Waals surface area contributed by atoms with E-state index in [0.29, 0.717) is 35.3 Å². The standard InChI is InChI=1S/C27H25N3O4S/c1-2-34-26(33)20-13-15-22(16-14-20)29-27-30(18-19-9-5-3-6-10-19)24(31)17-23(35-27)25(32)28-21-11-7-4-8-12-21/h3-16,23H,2,17-18H2,1H3,(H,28,32)/t23-/m0/s1. The number of hydrogen-bond acceptors (Lipinski definition) is 6. The number of benzene rings is 3. The van der Waals surface area contributed by atoms with E-state index in [1.54, 1.807) is 48.2 Å². The molecule has 0 saturated carbocycles. The lowest BCUT2D eigenvalue weighted by molar-refractivity contribution is -0.129. The van der Waals surface area contributed by atoms with E-state index in [4.69, 9.17) is 4.74 Å². The topological polar surface area (TPSA) is 88.1 Å². The van der Waals surface area contributed by atoms with Crippen LogP contribution < -0.4 is 5.32 Å². The molecule has 3 aromatic carbocycles. The van der Waals surface area contributed by atoms with E-state index in [1.807, 2.05) is 48.5 Å². The van der Waals surface area contributed by atoms with Crippen molar-refractivity contribution >= 4 is 46.1 Å². The number of rotatable bonds is 7. The van der Waals surface area contributed by atoms with Crippen LogP contribution >= 0.6 is 11.8 Å². The Hall–Kier alpha value is -3.91. The predicted molar refractivity (Wildman–Crippen MR) is 138 cm³/mol. The van der Waals surface area contributed by atoms with Gasteiger partial charge in [-0.2, -0.15) is 0 Å². The molecule has 3 aromatic rings. The minimum absolute atomic E-state index is 0.0665. The Labute approximate surface area is 208 Å². The van der Waals surface area contributed by atoms with Gasteiger partial charge < -0.3 is 10.1 Å². The Morgan fingerprint density at radius 2 is 1.66 bits per heavy atom. The monoisotopic (exact) mass is 487 g/mol. The predicted octanol–water partition coefficient (Wildman–Crippen LogP) is 5.02. The molecule has 1 aliphatic heterocycles. The number of amidine groups is 1. The fraction of sp³-hybridized carbons (Fsp3) is 0.185. The van der Waals surface area contributed by atoms with E-state index >= 15 is 0 Å². The highest BCUT2D eigenvalue weighted by molar-refractivity contribution is 8.15. The molecule has 178 valence electrons. The summed E-state index contributed by atoms with van der Waals surface area (Å²) in [6.07, 6.45) is 0.0665. The second-order valence-electron chi connectivity index (χ2n) is 7.79. The molecule has 0 aromatic heterocycles. The third kappa shape index (κ3) is 6.36. The van der Waals surface area contributed by atoms with Crippen molar-refractivity contribution in [2.24, 2.45) is 4.99 Å². The zero-order valence-electron chi connectivity index (χ0n) is 19.2. The number of para-hydroxylation sites is 1. The number of hydrogen-bond donors (Lipinski definition) is 1. The van der Waals surface area contributed by atoms with Crippen molar-refractivity contribution in [1.29, 1.82) is 0 Å². The van der Waals surface area contributed by atoms with Crippen LogP contribution in [0, 0.1) is 0 Å². The van der Waals surface area contributed by atoms with Gasteiger partial charge in [-0.3, -0.25) is 14.5 Å². The number of esters is 1. The fourth-order valence-electron chi connectivity index (χ4n) is 3.50. The summed E-state index contributed by atoms with van der Waals surface area (Å²) >= 11 is 1.25. The summed E-state index contributed by atoms with van der Waals surface area (Å²) in [6, 6.07) is 25.4. The number of anilines is 1. The number of amides is 2. The molecule has 7 nitrogen and oxygen atoms in total. The van der Waals surface area contributed by atoms with Crippen molar-refractivity contribution in [1.82, 2.24) is 4.90 Å². The van der Waals surface area contributed by atoms with Crippen molar-refractivity contribution < 1.29 is 19.1 Å². The zero-order valence-corrected chi connectivity index (χ0v) is 20.0. The van der Waals surface area contributed by atoms with Crippen molar-refractivity contribution in [2.45, 2.75) is 25.1 Å². The number of nitrogens with zero attached hydrogens (tertiary/aromatic N) is 2. The Bertz CT molecular complexity index is 1210. The summed E-state index contributed by atoms with van der Waals surface area (Å²) in [5.41, 5.74) is 2.62. The van der Waals surface area contributed by atoms with Crippen LogP contribution in [0.1, 0.15) is 29.3 Å². The summed E-state index contributed by atoms with van der Waals surface area (Å²) in [4.78, 5) is 44.4. The number of nitrogens with one attached hydrogen (secondary N) is 1. The summed E-state index contributed by atoms with van der Waals surface area (Å²) in [5, 5.41) is 2.69. The number of thioether (sulfide) groups is 1. The van der Waals surface area contributed by atoms with Gasteiger partial charge in [-0.25, -0.2) is 9.79 Å². The lowest BCUT2D eigenvalue weighted by atomic mass is 10.2. The molecule has 1 fully saturated rings. The third-order valence-corrected chi connectivity index (χ3v) is 6.45. The maximum absolute atomic E-state index is 13.2. The summed E-state index contributed by atoms with van der Waals surface area (Å²) < 4.78 is 5.03. The van der Waals surface area contributed by atoms with Crippen LogP contribution in [-0.4, -0.2) is 39.7 Å². The van der Waals surface area contributed by atoms with Crippen molar-refractivity contribution in [3.8, 4) is 0 Å². The van der Waals surface area contributed by atoms with Crippen molar-refractivity contribution in [3.63, 3.8) is 0 Å². The number of ether oxygens (including phenoxy) is 1. The summed E-state index contributed by atoms with van der Waals surface area (Å²) in [7, 11) is 0. The molecule has 0 bridgehead atoms. The normalized spacial score (nSPS) is 16.7. The van der Waals surface area contributed by atoms with Gasteiger partial charge in [0.05, 0.1) is 24.4 Å². The molecule has 2 amide bonds. The van der Waals surface area contributed by atoms with Gasteiger partial charge >= 0.3 is 5.97 Å². The SMILES string of the molecule is CCOC(=O)c1ccc(N=C2S[C@H](C(=O)Nc3ccccc3)CC(=O)N2Cc2ccccc2)cc1. The van der Waals surface area contributed by atoms with Gasteiger partial charge in [0.25, 0.3) is 0 Å². The van der Waals surface area contributed by atoms with Gasteiger partial charge in [0.2, 0.25) is 11.8 Å². The van der Waals surface area contributed by atoms with Gasteiger partial charge in [-0.15, -0.1) is 0 Å². The van der Waals surface area contributed by atoms with Gasteiger partial charge in [-0.05, 0) is 48.9 Å². The molecule has 1 atom stereocenters. The van der Waals surface area contributed by atoms with E-state index in [9.17, 15) is 14.4 Å². The van der Waals surface area contributed by atoms with E-state index in [2.05, 4.69) is 10.3 Å².